The van der Waals surface area contributed by atoms with Gasteiger partial charge in [-0.1, -0.05) is 36.4 Å². The zero-order valence-corrected chi connectivity index (χ0v) is 18.4. The number of carbonyl (C=O) groups excluding carboxylic acids is 2. The fourth-order valence-corrected chi connectivity index (χ4v) is 3.05. The smallest absolute Gasteiger partial charge is 0.416 e. The molecule has 1 amide bonds. The molecule has 0 aliphatic heterocycles. The topological polar surface area (TPSA) is 103 Å². The normalized spacial score (nSPS) is 11.4. The first-order valence-corrected chi connectivity index (χ1v) is 10.4. The van der Waals surface area contributed by atoms with Crippen LogP contribution in [0.2, 0.25) is 0 Å². The minimum atomic E-state index is -4.62. The van der Waals surface area contributed by atoms with Crippen molar-refractivity contribution < 1.29 is 27.5 Å². The number of esters is 1. The highest BCUT2D eigenvalue weighted by atomic mass is 19.4. The molecular weight excluding hydrogens is 477 g/mol. The molecule has 0 N–H and O–H groups in total. The largest absolute Gasteiger partial charge is 0.452 e. The van der Waals surface area contributed by atoms with Gasteiger partial charge in [0, 0.05) is 0 Å². The highest BCUT2D eigenvalue weighted by molar-refractivity contribution is 5.98. The van der Waals surface area contributed by atoms with E-state index in [-0.39, 0.29) is 11.3 Å². The van der Waals surface area contributed by atoms with Crippen LogP contribution in [0.5, 0.6) is 0 Å². The van der Waals surface area contributed by atoms with Gasteiger partial charge in [0.2, 0.25) is 0 Å². The Hall–Kier alpha value is -4.87. The molecule has 1 aromatic heterocycles. The zero-order valence-electron chi connectivity index (χ0n) is 18.4. The van der Waals surface area contributed by atoms with E-state index < -0.39 is 30.2 Å². The lowest BCUT2D eigenvalue weighted by Crippen LogP contribution is -2.31. The van der Waals surface area contributed by atoms with Gasteiger partial charge in [-0.25, -0.2) is 9.48 Å². The second kappa shape index (κ2) is 10.6. The van der Waals surface area contributed by atoms with E-state index in [9.17, 15) is 22.8 Å². The van der Waals surface area contributed by atoms with Crippen LogP contribution in [0.3, 0.4) is 0 Å². The number of aromatic nitrogens is 4. The summed E-state index contributed by atoms with van der Waals surface area (Å²) < 4.78 is 46.1. The molecular formula is C24H17F3N6O3. The van der Waals surface area contributed by atoms with E-state index in [2.05, 4.69) is 20.6 Å². The van der Waals surface area contributed by atoms with Gasteiger partial charge in [-0.2, -0.15) is 23.3 Å². The maximum absolute atomic E-state index is 13.2. The van der Waals surface area contributed by atoms with Gasteiger partial charge in [0.25, 0.3) is 5.91 Å². The number of ether oxygens (including phenoxy) is 1. The van der Waals surface area contributed by atoms with Crippen LogP contribution < -0.4 is 5.01 Å². The third kappa shape index (κ3) is 5.97. The maximum atomic E-state index is 13.2. The van der Waals surface area contributed by atoms with Gasteiger partial charge in [-0.15, -0.1) is 5.10 Å². The number of nitrogens with zero attached hydrogens (tertiary/aromatic N) is 6. The SMILES string of the molecule is O=C(OCC(=O)N(N=Cc1ccccc1)c1cccc(C(F)(F)F)c1)c1ccc(-n2cnnn2)cc1. The highest BCUT2D eigenvalue weighted by Crippen LogP contribution is 2.31. The van der Waals surface area contributed by atoms with Crippen LogP contribution in [-0.4, -0.2) is 44.9 Å². The molecule has 0 saturated carbocycles. The minimum Gasteiger partial charge on any atom is -0.452 e. The first-order chi connectivity index (χ1) is 17.3. The van der Waals surface area contributed by atoms with Crippen LogP contribution in [-0.2, 0) is 15.7 Å². The van der Waals surface area contributed by atoms with Crippen molar-refractivity contribution in [2.75, 3.05) is 11.6 Å². The first kappa shape index (κ1) is 24.3. The summed E-state index contributed by atoms with van der Waals surface area (Å²) in [6, 6.07) is 18.9. The van der Waals surface area contributed by atoms with Gasteiger partial charge in [-0.05, 0) is 58.5 Å². The summed E-state index contributed by atoms with van der Waals surface area (Å²) in [5, 5.41) is 15.6. The minimum absolute atomic E-state index is 0.135. The van der Waals surface area contributed by atoms with Crippen molar-refractivity contribution in [1.82, 2.24) is 20.2 Å². The van der Waals surface area contributed by atoms with Gasteiger partial charge >= 0.3 is 12.1 Å². The lowest BCUT2D eigenvalue weighted by molar-refractivity contribution is -0.137. The number of hydrogen-bond acceptors (Lipinski definition) is 7. The Morgan fingerprint density at radius 1 is 1.00 bits per heavy atom. The van der Waals surface area contributed by atoms with Crippen molar-refractivity contribution in [1.29, 1.82) is 0 Å². The summed E-state index contributed by atoms with van der Waals surface area (Å²) in [5.74, 6) is -1.65. The number of benzene rings is 3. The average molecular weight is 494 g/mol. The number of amides is 1. The van der Waals surface area contributed by atoms with Crippen LogP contribution >= 0.6 is 0 Å². The molecule has 4 aromatic rings. The molecule has 12 heteroatoms. The molecule has 0 fully saturated rings. The number of tetrazole rings is 1. The molecule has 3 aromatic carbocycles. The Morgan fingerprint density at radius 2 is 1.75 bits per heavy atom. The molecule has 0 aliphatic carbocycles. The van der Waals surface area contributed by atoms with Crippen molar-refractivity contribution in [2.45, 2.75) is 6.18 Å². The summed E-state index contributed by atoms with van der Waals surface area (Å²) in [6.07, 6.45) is -1.92. The molecule has 0 saturated heterocycles. The van der Waals surface area contributed by atoms with Gasteiger partial charge in [0.05, 0.1) is 28.7 Å². The third-order valence-electron chi connectivity index (χ3n) is 4.82. The number of carbonyl (C=O) groups is 2. The number of hydrogen-bond donors (Lipinski definition) is 0. The number of anilines is 1. The number of hydrazone groups is 1. The van der Waals surface area contributed by atoms with E-state index >= 15 is 0 Å². The Balaban J connectivity index is 1.51. The van der Waals surface area contributed by atoms with Crippen LogP contribution in [0.4, 0.5) is 18.9 Å². The fraction of sp³-hybridized carbons (Fsp3) is 0.0833. The number of halogens is 3. The molecule has 182 valence electrons. The van der Waals surface area contributed by atoms with Crippen LogP contribution in [0.25, 0.3) is 5.69 Å². The van der Waals surface area contributed by atoms with Gasteiger partial charge < -0.3 is 4.74 Å². The molecule has 4 rings (SSSR count). The molecule has 36 heavy (non-hydrogen) atoms. The lowest BCUT2D eigenvalue weighted by Gasteiger charge is -2.18. The lowest BCUT2D eigenvalue weighted by atomic mass is 10.2. The summed E-state index contributed by atoms with van der Waals surface area (Å²) in [6.45, 7) is -0.754. The highest BCUT2D eigenvalue weighted by Gasteiger charge is 2.31. The Kier molecular flexibility index (Phi) is 7.14. The predicted molar refractivity (Wildman–Crippen MR) is 122 cm³/mol. The predicted octanol–water partition coefficient (Wildman–Crippen LogP) is 3.91. The quantitative estimate of drug-likeness (QED) is 0.219. The van der Waals surface area contributed by atoms with E-state index in [1.54, 1.807) is 42.5 Å². The van der Waals surface area contributed by atoms with Crippen molar-refractivity contribution in [3.63, 3.8) is 0 Å². The fourth-order valence-electron chi connectivity index (χ4n) is 3.05. The van der Waals surface area contributed by atoms with Crippen molar-refractivity contribution in [3.05, 3.63) is 102 Å². The molecule has 0 spiro atoms. The second-order valence-corrected chi connectivity index (χ2v) is 7.29. The maximum Gasteiger partial charge on any atom is 0.416 e. The molecule has 0 aliphatic rings. The van der Waals surface area contributed by atoms with Crippen LogP contribution in [0.1, 0.15) is 21.5 Å². The molecule has 0 bridgehead atoms. The Bertz CT molecular complexity index is 1360. The summed E-state index contributed by atoms with van der Waals surface area (Å²) in [4.78, 5) is 25.3. The number of alkyl halides is 3. The second-order valence-electron chi connectivity index (χ2n) is 7.29. The van der Waals surface area contributed by atoms with E-state index in [0.29, 0.717) is 11.3 Å². The first-order valence-electron chi connectivity index (χ1n) is 10.4. The van der Waals surface area contributed by atoms with Gasteiger partial charge in [0.15, 0.2) is 6.61 Å². The van der Waals surface area contributed by atoms with Crippen molar-refractivity contribution >= 4 is 23.8 Å². The molecule has 0 atom stereocenters. The average Bonchev–Trinajstić information content (AvgIpc) is 3.43. The van der Waals surface area contributed by atoms with E-state index in [0.717, 1.165) is 23.2 Å². The standard InChI is InChI=1S/C24H17F3N6O3/c25-24(26,27)19-7-4-8-21(13-19)33(29-14-17-5-2-1-3-6-17)22(34)15-36-23(35)18-9-11-20(12-10-18)32-16-28-30-31-32/h1-14,16H,15H2. The zero-order chi connectivity index (χ0) is 25.5. The van der Waals surface area contributed by atoms with Crippen LogP contribution in [0, 0.1) is 0 Å². The molecule has 1 heterocycles. The van der Waals surface area contributed by atoms with Crippen LogP contribution in [0.15, 0.2) is 90.3 Å². The summed E-state index contributed by atoms with van der Waals surface area (Å²) >= 11 is 0. The Morgan fingerprint density at radius 3 is 2.42 bits per heavy atom. The van der Waals surface area contributed by atoms with E-state index in [4.69, 9.17) is 4.74 Å². The van der Waals surface area contributed by atoms with Gasteiger partial charge in [0.1, 0.15) is 6.33 Å². The third-order valence-corrected chi connectivity index (χ3v) is 4.82. The van der Waals surface area contributed by atoms with E-state index in [1.807, 2.05) is 0 Å². The Labute approximate surface area is 202 Å². The van der Waals surface area contributed by atoms with E-state index in [1.165, 1.54) is 35.4 Å². The van der Waals surface area contributed by atoms with Crippen molar-refractivity contribution in [2.24, 2.45) is 5.10 Å². The molecule has 0 radical (unpaired) electrons. The number of rotatable bonds is 7. The summed E-state index contributed by atoms with van der Waals surface area (Å²) in [5.41, 5.74) is 0.273. The monoisotopic (exact) mass is 494 g/mol. The molecule has 9 nitrogen and oxygen atoms in total. The summed E-state index contributed by atoms with van der Waals surface area (Å²) in [7, 11) is 0. The van der Waals surface area contributed by atoms with Crippen molar-refractivity contribution in [3.8, 4) is 5.69 Å². The van der Waals surface area contributed by atoms with Gasteiger partial charge in [-0.3, -0.25) is 4.79 Å². The molecule has 0 unspecified atom stereocenters.